The van der Waals surface area contributed by atoms with Gasteiger partial charge in [-0.3, -0.25) is 0 Å². The Balaban J connectivity index is 1.13. The van der Waals surface area contributed by atoms with Crippen LogP contribution in [0.4, 0.5) is 0 Å². The monoisotopic (exact) mass is 758 g/mol. The molecule has 8 aromatic carbocycles. The van der Waals surface area contributed by atoms with Crippen molar-refractivity contribution in [2.24, 2.45) is 0 Å². The predicted octanol–water partition coefficient (Wildman–Crippen LogP) is 15.2. The average Bonchev–Trinajstić information content (AvgIpc) is 3.78. The Morgan fingerprint density at radius 1 is 0.362 bits per heavy atom. The van der Waals surface area contributed by atoms with Crippen molar-refractivity contribution in [1.82, 2.24) is 9.97 Å². The number of hydrogen-bond acceptors (Lipinski definition) is 3. The highest BCUT2D eigenvalue weighted by atomic mass is 32.1. The third kappa shape index (κ3) is 5.78. The largest absolute Gasteiger partial charge is 0.228 e. The van der Waals surface area contributed by atoms with Crippen LogP contribution >= 0.6 is 11.3 Å². The molecule has 2 aromatic heterocycles. The molecule has 0 fully saturated rings. The van der Waals surface area contributed by atoms with Crippen LogP contribution in [0, 0.1) is 0 Å². The molecule has 0 aliphatic heterocycles. The number of rotatable bonds is 6. The Labute approximate surface area is 342 Å². The zero-order valence-corrected chi connectivity index (χ0v) is 33.1. The van der Waals surface area contributed by atoms with Crippen molar-refractivity contribution < 1.29 is 0 Å². The van der Waals surface area contributed by atoms with Gasteiger partial charge in [0.05, 0.1) is 11.4 Å². The fourth-order valence-electron chi connectivity index (χ4n) is 8.92. The van der Waals surface area contributed by atoms with E-state index in [1.165, 1.54) is 59.1 Å². The highest BCUT2D eigenvalue weighted by Gasteiger charge is 2.36. The minimum atomic E-state index is -0.117. The molecular formula is C55H38N2S. The van der Waals surface area contributed by atoms with Crippen molar-refractivity contribution in [3.8, 4) is 78.4 Å². The van der Waals surface area contributed by atoms with E-state index < -0.39 is 0 Å². The minimum absolute atomic E-state index is 0.117. The first kappa shape index (κ1) is 34.3. The van der Waals surface area contributed by atoms with Gasteiger partial charge >= 0.3 is 0 Å². The molecule has 2 heterocycles. The third-order valence-electron chi connectivity index (χ3n) is 11.9. The molecule has 11 rings (SSSR count). The third-order valence-corrected chi connectivity index (χ3v) is 13.1. The van der Waals surface area contributed by atoms with E-state index >= 15 is 0 Å². The van der Waals surface area contributed by atoms with Crippen LogP contribution in [0.1, 0.15) is 25.0 Å². The maximum absolute atomic E-state index is 5.36. The molecule has 0 N–H and O–H groups in total. The van der Waals surface area contributed by atoms with E-state index in [2.05, 4.69) is 202 Å². The number of fused-ring (bicyclic) bond motifs is 6. The van der Waals surface area contributed by atoms with Gasteiger partial charge in [-0.05, 0) is 98.1 Å². The number of benzene rings is 8. The van der Waals surface area contributed by atoms with Gasteiger partial charge in [0, 0.05) is 42.3 Å². The number of hydrogen-bond donors (Lipinski definition) is 0. The average molecular weight is 759 g/mol. The number of nitrogens with zero attached hydrogens (tertiary/aromatic N) is 2. The summed E-state index contributed by atoms with van der Waals surface area (Å²) in [5.41, 5.74) is 17.1. The lowest BCUT2D eigenvalue weighted by Gasteiger charge is -2.21. The van der Waals surface area contributed by atoms with Crippen LogP contribution in [0.25, 0.3) is 98.6 Å². The molecule has 0 saturated carbocycles. The van der Waals surface area contributed by atoms with E-state index in [0.717, 1.165) is 44.8 Å². The molecule has 10 aromatic rings. The van der Waals surface area contributed by atoms with Gasteiger partial charge in [0.25, 0.3) is 0 Å². The summed E-state index contributed by atoms with van der Waals surface area (Å²) in [4.78, 5) is 10.7. The van der Waals surface area contributed by atoms with Crippen molar-refractivity contribution in [2.75, 3.05) is 0 Å². The maximum atomic E-state index is 5.36. The second-order valence-corrected chi connectivity index (χ2v) is 16.9. The molecule has 0 atom stereocenters. The normalized spacial score (nSPS) is 12.8. The molecule has 58 heavy (non-hydrogen) atoms. The Morgan fingerprint density at radius 2 is 0.914 bits per heavy atom. The molecule has 0 radical (unpaired) electrons. The first-order valence-corrected chi connectivity index (χ1v) is 20.7. The summed E-state index contributed by atoms with van der Waals surface area (Å²) in [6.07, 6.45) is 0. The van der Waals surface area contributed by atoms with Crippen molar-refractivity contribution in [2.45, 2.75) is 19.3 Å². The Hall–Kier alpha value is -6.94. The van der Waals surface area contributed by atoms with Crippen molar-refractivity contribution in [1.29, 1.82) is 0 Å². The molecule has 1 aliphatic rings. The van der Waals surface area contributed by atoms with Crippen LogP contribution in [0.2, 0.25) is 0 Å². The molecule has 2 nitrogen and oxygen atoms in total. The van der Waals surface area contributed by atoms with Gasteiger partial charge in [0.15, 0.2) is 5.82 Å². The number of aromatic nitrogens is 2. The summed E-state index contributed by atoms with van der Waals surface area (Å²) in [5.74, 6) is 0.710. The molecule has 0 bridgehead atoms. The molecule has 0 amide bonds. The summed E-state index contributed by atoms with van der Waals surface area (Å²) >= 11 is 1.85. The maximum Gasteiger partial charge on any atom is 0.160 e. The molecule has 274 valence electrons. The second-order valence-electron chi connectivity index (χ2n) is 15.8. The summed E-state index contributed by atoms with van der Waals surface area (Å²) in [7, 11) is 0. The lowest BCUT2D eigenvalue weighted by Crippen LogP contribution is -2.14. The second kappa shape index (κ2) is 13.6. The van der Waals surface area contributed by atoms with Gasteiger partial charge < -0.3 is 0 Å². The topological polar surface area (TPSA) is 25.8 Å². The summed E-state index contributed by atoms with van der Waals surface area (Å²) in [6, 6.07) is 70.2. The van der Waals surface area contributed by atoms with E-state index in [-0.39, 0.29) is 5.41 Å². The molecular weight excluding hydrogens is 721 g/mol. The zero-order valence-electron chi connectivity index (χ0n) is 32.3. The molecule has 0 saturated heterocycles. The summed E-state index contributed by atoms with van der Waals surface area (Å²) in [6.45, 7) is 4.66. The number of thiophene rings is 1. The zero-order chi connectivity index (χ0) is 38.8. The van der Waals surface area contributed by atoms with E-state index in [9.17, 15) is 0 Å². The fourth-order valence-corrected chi connectivity index (χ4v) is 10.0. The smallest absolute Gasteiger partial charge is 0.160 e. The predicted molar refractivity (Wildman–Crippen MR) is 245 cm³/mol. The van der Waals surface area contributed by atoms with Crippen LogP contribution in [0.3, 0.4) is 0 Å². The van der Waals surface area contributed by atoms with Crippen molar-refractivity contribution in [3.05, 3.63) is 205 Å². The van der Waals surface area contributed by atoms with Gasteiger partial charge in [-0.25, -0.2) is 9.97 Å². The minimum Gasteiger partial charge on any atom is -0.228 e. The molecule has 1 aliphatic carbocycles. The lowest BCUT2D eigenvalue weighted by atomic mass is 9.82. The van der Waals surface area contributed by atoms with Gasteiger partial charge in [0.2, 0.25) is 0 Å². The standard InChI is InChI=1S/C55H38N2S/c1-55(2)47-21-11-9-19-44(47)53-45(20-13-22-48(53)55)50-34-49(56-54(57-50)38-16-7-4-8-17-38)42-31-40(37-26-24-36(25-27-37)35-14-5-3-6-15-35)30-41(32-42)39-28-29-52-46(33-39)43-18-10-12-23-51(43)58-52/h3-34H,1-2H3. The molecule has 0 unspecified atom stereocenters. The SMILES string of the molecule is CC1(C)c2ccccc2-c2c(-c3cc(-c4cc(-c5ccc(-c6ccccc6)cc5)cc(-c5ccc6sc7ccccc7c6c5)c4)nc(-c4ccccc4)n3)cccc21. The van der Waals surface area contributed by atoms with Crippen LogP contribution in [-0.2, 0) is 5.41 Å². The fraction of sp³-hybridized carbons (Fsp3) is 0.0545. The van der Waals surface area contributed by atoms with Gasteiger partial charge in [0.1, 0.15) is 0 Å². The van der Waals surface area contributed by atoms with E-state index in [1.54, 1.807) is 0 Å². The van der Waals surface area contributed by atoms with Crippen LogP contribution in [0.5, 0.6) is 0 Å². The van der Waals surface area contributed by atoms with Gasteiger partial charge in [-0.15, -0.1) is 11.3 Å². The first-order valence-electron chi connectivity index (χ1n) is 19.9. The van der Waals surface area contributed by atoms with Crippen LogP contribution < -0.4 is 0 Å². The quantitative estimate of drug-likeness (QED) is 0.169. The Kier molecular flexibility index (Phi) is 8.06. The summed E-state index contributed by atoms with van der Waals surface area (Å²) in [5, 5.41) is 2.58. The molecule has 3 heteroatoms. The van der Waals surface area contributed by atoms with E-state index in [4.69, 9.17) is 9.97 Å². The van der Waals surface area contributed by atoms with Crippen molar-refractivity contribution >= 4 is 31.5 Å². The highest BCUT2D eigenvalue weighted by molar-refractivity contribution is 7.25. The van der Waals surface area contributed by atoms with E-state index in [1.807, 2.05) is 17.4 Å². The lowest BCUT2D eigenvalue weighted by molar-refractivity contribution is 0.660. The van der Waals surface area contributed by atoms with Gasteiger partial charge in [-0.1, -0.05) is 166 Å². The van der Waals surface area contributed by atoms with Crippen molar-refractivity contribution in [3.63, 3.8) is 0 Å². The Morgan fingerprint density at radius 3 is 1.71 bits per heavy atom. The summed E-state index contributed by atoms with van der Waals surface area (Å²) < 4.78 is 2.61. The molecule has 0 spiro atoms. The first-order chi connectivity index (χ1) is 28.5. The van der Waals surface area contributed by atoms with E-state index in [0.29, 0.717) is 5.82 Å². The van der Waals surface area contributed by atoms with Gasteiger partial charge in [-0.2, -0.15) is 0 Å². The van der Waals surface area contributed by atoms with Crippen LogP contribution in [0.15, 0.2) is 194 Å². The Bertz CT molecular complexity index is 3180. The van der Waals surface area contributed by atoms with Crippen LogP contribution in [-0.4, -0.2) is 9.97 Å². The highest BCUT2D eigenvalue weighted by Crippen LogP contribution is 2.52.